The van der Waals surface area contributed by atoms with Crippen LogP contribution in [0.4, 0.5) is 14.5 Å². The minimum Gasteiger partial charge on any atom is -0.452 e. The fourth-order valence-corrected chi connectivity index (χ4v) is 3.11. The van der Waals surface area contributed by atoms with Crippen LogP contribution >= 0.6 is 27.5 Å². The molecular weight excluding hydrogens is 472 g/mol. The van der Waals surface area contributed by atoms with Crippen molar-refractivity contribution in [2.75, 3.05) is 11.9 Å². The number of carbonyl (C=O) groups excluding carboxylic acids is 2. The summed E-state index contributed by atoms with van der Waals surface area (Å²) in [4.78, 5) is 24.0. The predicted molar refractivity (Wildman–Crippen MR) is 106 cm³/mol. The van der Waals surface area contributed by atoms with Gasteiger partial charge in [-0.2, -0.15) is 5.10 Å². The lowest BCUT2D eigenvalue weighted by atomic mass is 10.2. The summed E-state index contributed by atoms with van der Waals surface area (Å²) in [7, 11) is 0. The largest absolute Gasteiger partial charge is 0.452 e. The molecule has 0 aliphatic heterocycles. The summed E-state index contributed by atoms with van der Waals surface area (Å²) < 4.78 is 33.3. The number of halogens is 4. The van der Waals surface area contributed by atoms with Crippen molar-refractivity contribution in [3.63, 3.8) is 0 Å². The quantitative estimate of drug-likeness (QED) is 0.526. The molecular formula is C19H13BrClF2N3O3. The Morgan fingerprint density at radius 2 is 2.00 bits per heavy atom. The number of hydrogen-bond donors (Lipinski definition) is 1. The zero-order chi connectivity index (χ0) is 21.0. The molecule has 0 saturated heterocycles. The smallest absolute Gasteiger partial charge is 0.341 e. The second kappa shape index (κ2) is 9.15. The number of benzene rings is 2. The van der Waals surface area contributed by atoms with Crippen molar-refractivity contribution in [2.24, 2.45) is 0 Å². The normalized spacial score (nSPS) is 10.6. The molecule has 0 unspecified atom stereocenters. The zero-order valence-corrected chi connectivity index (χ0v) is 17.0. The van der Waals surface area contributed by atoms with Crippen molar-refractivity contribution >= 4 is 45.1 Å². The summed E-state index contributed by atoms with van der Waals surface area (Å²) >= 11 is 9.05. The van der Waals surface area contributed by atoms with E-state index in [1.807, 2.05) is 12.1 Å². The Morgan fingerprint density at radius 1 is 1.24 bits per heavy atom. The first-order valence-electron chi connectivity index (χ1n) is 8.21. The van der Waals surface area contributed by atoms with Gasteiger partial charge in [-0.1, -0.05) is 29.8 Å². The van der Waals surface area contributed by atoms with E-state index in [0.29, 0.717) is 17.6 Å². The monoisotopic (exact) mass is 483 g/mol. The van der Waals surface area contributed by atoms with Crippen molar-refractivity contribution in [1.82, 2.24) is 9.78 Å². The molecule has 29 heavy (non-hydrogen) atoms. The lowest BCUT2D eigenvalue weighted by Crippen LogP contribution is -2.21. The number of rotatable bonds is 6. The number of aromatic nitrogens is 2. The van der Waals surface area contributed by atoms with Gasteiger partial charge in [-0.25, -0.2) is 13.6 Å². The molecule has 2 aromatic carbocycles. The SMILES string of the molecule is O=C(COC(=O)c1cnn(Cc2ccccc2Cl)c1)Nc1c(F)cc(F)cc1Br. The standard InChI is InChI=1S/C19H13BrClF2N3O3/c20-14-5-13(22)6-16(23)18(14)25-17(27)10-29-19(28)12-7-24-26(9-12)8-11-3-1-2-4-15(11)21/h1-7,9H,8,10H2,(H,25,27). The van der Waals surface area contributed by atoms with Crippen molar-refractivity contribution in [3.05, 3.63) is 81.0 Å². The minimum atomic E-state index is -0.961. The summed E-state index contributed by atoms with van der Waals surface area (Å²) in [6.45, 7) is -0.302. The van der Waals surface area contributed by atoms with Crippen molar-refractivity contribution < 1.29 is 23.1 Å². The average molecular weight is 485 g/mol. The van der Waals surface area contributed by atoms with Gasteiger partial charge in [-0.05, 0) is 33.6 Å². The van der Waals surface area contributed by atoms with Crippen LogP contribution in [0, 0.1) is 11.6 Å². The molecule has 1 amide bonds. The van der Waals surface area contributed by atoms with Gasteiger partial charge in [0.2, 0.25) is 0 Å². The molecule has 10 heteroatoms. The van der Waals surface area contributed by atoms with E-state index in [1.165, 1.54) is 17.1 Å². The van der Waals surface area contributed by atoms with E-state index in [1.54, 1.807) is 12.1 Å². The lowest BCUT2D eigenvalue weighted by molar-refractivity contribution is -0.119. The lowest BCUT2D eigenvalue weighted by Gasteiger charge is -2.09. The number of esters is 1. The maximum atomic E-state index is 13.7. The second-order valence-corrected chi connectivity index (χ2v) is 7.15. The molecule has 0 spiro atoms. The summed E-state index contributed by atoms with van der Waals surface area (Å²) in [6.07, 6.45) is 2.76. The third-order valence-electron chi connectivity index (χ3n) is 3.76. The number of nitrogens with zero attached hydrogens (tertiary/aromatic N) is 2. The number of hydrogen-bond acceptors (Lipinski definition) is 4. The van der Waals surface area contributed by atoms with Crippen LogP contribution in [-0.2, 0) is 16.1 Å². The number of nitrogens with one attached hydrogen (secondary N) is 1. The van der Waals surface area contributed by atoms with Gasteiger partial charge in [-0.3, -0.25) is 9.48 Å². The van der Waals surface area contributed by atoms with Gasteiger partial charge in [0.15, 0.2) is 12.4 Å². The number of ether oxygens (including phenoxy) is 1. The first-order valence-corrected chi connectivity index (χ1v) is 9.38. The summed E-state index contributed by atoms with van der Waals surface area (Å²) in [5.74, 6) is -3.32. The van der Waals surface area contributed by atoms with Gasteiger partial charge < -0.3 is 10.1 Å². The topological polar surface area (TPSA) is 73.2 Å². The molecule has 0 saturated carbocycles. The fraction of sp³-hybridized carbons (Fsp3) is 0.105. The van der Waals surface area contributed by atoms with E-state index >= 15 is 0 Å². The van der Waals surface area contributed by atoms with Gasteiger partial charge in [0.1, 0.15) is 5.82 Å². The van der Waals surface area contributed by atoms with E-state index in [2.05, 4.69) is 26.3 Å². The molecule has 150 valence electrons. The molecule has 0 radical (unpaired) electrons. The zero-order valence-electron chi connectivity index (χ0n) is 14.7. The van der Waals surface area contributed by atoms with Crippen molar-refractivity contribution in [2.45, 2.75) is 6.54 Å². The average Bonchev–Trinajstić information content (AvgIpc) is 3.13. The van der Waals surface area contributed by atoms with Crippen molar-refractivity contribution in [3.8, 4) is 0 Å². The van der Waals surface area contributed by atoms with E-state index in [9.17, 15) is 18.4 Å². The number of amides is 1. The van der Waals surface area contributed by atoms with Gasteiger partial charge >= 0.3 is 5.97 Å². The molecule has 3 rings (SSSR count). The summed E-state index contributed by atoms with van der Waals surface area (Å²) in [5.41, 5.74) is 0.711. The number of carbonyl (C=O) groups is 2. The molecule has 1 N–H and O–H groups in total. The Bertz CT molecular complexity index is 1050. The van der Waals surface area contributed by atoms with Crippen LogP contribution in [0.25, 0.3) is 0 Å². The highest BCUT2D eigenvalue weighted by atomic mass is 79.9. The minimum absolute atomic E-state index is 0.0236. The maximum Gasteiger partial charge on any atom is 0.341 e. The summed E-state index contributed by atoms with van der Waals surface area (Å²) in [5, 5.41) is 6.85. The first-order chi connectivity index (χ1) is 13.8. The molecule has 3 aromatic rings. The Hall–Kier alpha value is -2.78. The van der Waals surface area contributed by atoms with E-state index in [0.717, 1.165) is 11.6 Å². The summed E-state index contributed by atoms with van der Waals surface area (Å²) in [6, 6.07) is 8.84. The van der Waals surface area contributed by atoms with Crippen LogP contribution in [0.3, 0.4) is 0 Å². The second-order valence-electron chi connectivity index (χ2n) is 5.89. The van der Waals surface area contributed by atoms with Crippen LogP contribution in [0.15, 0.2) is 53.3 Å². The molecule has 1 aromatic heterocycles. The highest BCUT2D eigenvalue weighted by Crippen LogP contribution is 2.26. The van der Waals surface area contributed by atoms with E-state index in [4.69, 9.17) is 16.3 Å². The Kier molecular flexibility index (Phi) is 6.60. The van der Waals surface area contributed by atoms with E-state index < -0.39 is 30.1 Å². The van der Waals surface area contributed by atoms with Crippen LogP contribution in [-0.4, -0.2) is 28.3 Å². The van der Waals surface area contributed by atoms with Gasteiger partial charge in [0.25, 0.3) is 5.91 Å². The van der Waals surface area contributed by atoms with Crippen LogP contribution < -0.4 is 5.32 Å². The Morgan fingerprint density at radius 3 is 2.72 bits per heavy atom. The Balaban J connectivity index is 1.57. The molecule has 0 fully saturated rings. The third-order valence-corrected chi connectivity index (χ3v) is 4.76. The fourth-order valence-electron chi connectivity index (χ4n) is 2.41. The first kappa shape index (κ1) is 20.9. The predicted octanol–water partition coefficient (Wildman–Crippen LogP) is 4.42. The Labute approximate surface area is 177 Å². The maximum absolute atomic E-state index is 13.7. The molecule has 0 aliphatic rings. The van der Waals surface area contributed by atoms with Crippen LogP contribution in [0.5, 0.6) is 0 Å². The molecule has 0 atom stereocenters. The van der Waals surface area contributed by atoms with Crippen LogP contribution in [0.1, 0.15) is 15.9 Å². The molecule has 0 bridgehead atoms. The van der Waals surface area contributed by atoms with Gasteiger partial charge in [0, 0.05) is 21.8 Å². The van der Waals surface area contributed by atoms with Gasteiger partial charge in [-0.15, -0.1) is 0 Å². The highest BCUT2D eigenvalue weighted by molar-refractivity contribution is 9.10. The highest BCUT2D eigenvalue weighted by Gasteiger charge is 2.16. The van der Waals surface area contributed by atoms with Crippen LogP contribution in [0.2, 0.25) is 5.02 Å². The molecule has 6 nitrogen and oxygen atoms in total. The third kappa shape index (κ3) is 5.39. The molecule has 1 heterocycles. The number of anilines is 1. The van der Waals surface area contributed by atoms with Crippen molar-refractivity contribution in [1.29, 1.82) is 0 Å². The van der Waals surface area contributed by atoms with E-state index in [-0.39, 0.29) is 15.7 Å². The molecule has 0 aliphatic carbocycles. The van der Waals surface area contributed by atoms with Gasteiger partial charge in [0.05, 0.1) is 24.0 Å².